The molecule has 0 bridgehead atoms. The molecular formula is C21H23N3O3S3. The molecular weight excluding hydrogens is 438 g/mol. The summed E-state index contributed by atoms with van der Waals surface area (Å²) in [7, 11) is -1.66. The Morgan fingerprint density at radius 3 is 2.47 bits per heavy atom. The third-order valence-electron chi connectivity index (χ3n) is 5.41. The molecule has 1 saturated heterocycles. The number of amides is 1. The number of para-hydroxylation sites is 1. The predicted molar refractivity (Wildman–Crippen MR) is 121 cm³/mol. The maximum Gasteiger partial charge on any atom is 0.251 e. The highest BCUT2D eigenvalue weighted by Crippen LogP contribution is 2.30. The average Bonchev–Trinajstić information content (AvgIpc) is 3.09. The molecule has 3 aromatic rings. The van der Waals surface area contributed by atoms with Gasteiger partial charge in [-0.15, -0.1) is 11.8 Å². The first-order chi connectivity index (χ1) is 14.4. The standard InChI is InChI=1S/C21H23N3O3S3/c1-23-16-7-3-4-8-17(16)29-21(23)22-20(25)15-11-13-24(14-12-15)30(26,27)19-10-6-5-9-18(19)28-2/h3-10,15H,11-14H2,1-2H3. The van der Waals surface area contributed by atoms with E-state index < -0.39 is 10.0 Å². The fraction of sp³-hybridized carbons (Fsp3) is 0.333. The zero-order chi connectivity index (χ0) is 21.3. The van der Waals surface area contributed by atoms with E-state index in [-0.39, 0.29) is 11.8 Å². The number of hydrogen-bond acceptors (Lipinski definition) is 5. The fourth-order valence-electron chi connectivity index (χ4n) is 3.69. The highest BCUT2D eigenvalue weighted by Gasteiger charge is 2.33. The number of thiazole rings is 1. The van der Waals surface area contributed by atoms with Crippen LogP contribution in [0.25, 0.3) is 10.2 Å². The molecule has 1 amide bonds. The zero-order valence-electron chi connectivity index (χ0n) is 16.8. The Morgan fingerprint density at radius 1 is 1.10 bits per heavy atom. The molecule has 6 nitrogen and oxygen atoms in total. The molecule has 0 saturated carbocycles. The summed E-state index contributed by atoms with van der Waals surface area (Å²) in [5.41, 5.74) is 1.04. The second-order valence-electron chi connectivity index (χ2n) is 7.19. The number of benzene rings is 2. The number of sulfonamides is 1. The molecule has 30 heavy (non-hydrogen) atoms. The number of carbonyl (C=O) groups excluding carboxylic acids is 1. The van der Waals surface area contributed by atoms with Crippen LogP contribution in [-0.2, 0) is 21.9 Å². The Labute approximate surface area is 184 Å². The number of aromatic nitrogens is 1. The first-order valence-corrected chi connectivity index (χ1v) is 13.2. The van der Waals surface area contributed by atoms with Crippen LogP contribution in [0.4, 0.5) is 0 Å². The molecule has 9 heteroatoms. The number of nitrogens with zero attached hydrogens (tertiary/aromatic N) is 3. The summed E-state index contributed by atoms with van der Waals surface area (Å²) in [6.07, 6.45) is 2.84. The molecule has 1 aliphatic heterocycles. The Kier molecular flexibility index (Phi) is 6.15. The van der Waals surface area contributed by atoms with Crippen molar-refractivity contribution in [2.24, 2.45) is 18.0 Å². The van der Waals surface area contributed by atoms with Gasteiger partial charge in [0.05, 0.1) is 15.1 Å². The van der Waals surface area contributed by atoms with Crippen molar-refractivity contribution in [3.63, 3.8) is 0 Å². The van der Waals surface area contributed by atoms with Crippen molar-refractivity contribution >= 4 is 49.2 Å². The van der Waals surface area contributed by atoms with Crippen LogP contribution < -0.4 is 4.80 Å². The largest absolute Gasteiger partial charge is 0.319 e. The monoisotopic (exact) mass is 461 g/mol. The van der Waals surface area contributed by atoms with Gasteiger partial charge in [-0.25, -0.2) is 8.42 Å². The third kappa shape index (κ3) is 3.99. The molecule has 158 valence electrons. The smallest absolute Gasteiger partial charge is 0.251 e. The topological polar surface area (TPSA) is 71.7 Å². The highest BCUT2D eigenvalue weighted by molar-refractivity contribution is 7.99. The van der Waals surface area contributed by atoms with Gasteiger partial charge >= 0.3 is 0 Å². The molecule has 1 aliphatic rings. The van der Waals surface area contributed by atoms with Crippen molar-refractivity contribution in [2.75, 3.05) is 19.3 Å². The Balaban J connectivity index is 1.50. The van der Waals surface area contributed by atoms with Gasteiger partial charge in [-0.1, -0.05) is 35.6 Å². The zero-order valence-corrected chi connectivity index (χ0v) is 19.3. The van der Waals surface area contributed by atoms with Gasteiger partial charge in [0, 0.05) is 31.0 Å². The van der Waals surface area contributed by atoms with Crippen molar-refractivity contribution in [2.45, 2.75) is 22.6 Å². The molecule has 1 aromatic heterocycles. The number of piperidine rings is 1. The molecule has 2 aromatic carbocycles. The summed E-state index contributed by atoms with van der Waals surface area (Å²) in [5, 5.41) is 0. The number of rotatable bonds is 4. The van der Waals surface area contributed by atoms with E-state index in [1.165, 1.54) is 27.4 Å². The van der Waals surface area contributed by atoms with E-state index in [1.54, 1.807) is 12.1 Å². The maximum absolute atomic E-state index is 13.1. The van der Waals surface area contributed by atoms with Crippen LogP contribution in [0.15, 0.2) is 63.3 Å². The number of fused-ring (bicyclic) bond motifs is 1. The van der Waals surface area contributed by atoms with Crippen molar-refractivity contribution in [3.05, 3.63) is 53.3 Å². The van der Waals surface area contributed by atoms with Crippen molar-refractivity contribution < 1.29 is 13.2 Å². The minimum absolute atomic E-state index is 0.168. The minimum Gasteiger partial charge on any atom is -0.319 e. The van der Waals surface area contributed by atoms with Gasteiger partial charge in [-0.05, 0) is 43.4 Å². The van der Waals surface area contributed by atoms with Crippen molar-refractivity contribution in [3.8, 4) is 0 Å². The molecule has 0 atom stereocenters. The minimum atomic E-state index is -3.57. The molecule has 2 heterocycles. The van der Waals surface area contributed by atoms with E-state index in [0.29, 0.717) is 35.6 Å². The van der Waals surface area contributed by atoms with Gasteiger partial charge < -0.3 is 4.57 Å². The predicted octanol–water partition coefficient (Wildman–Crippen LogP) is 3.49. The Morgan fingerprint density at radius 2 is 1.77 bits per heavy atom. The Hall–Kier alpha value is -1.94. The molecule has 0 N–H and O–H groups in total. The summed E-state index contributed by atoms with van der Waals surface area (Å²) >= 11 is 2.91. The second kappa shape index (κ2) is 8.66. The molecule has 0 spiro atoms. The number of carbonyl (C=O) groups is 1. The van der Waals surface area contributed by atoms with Crippen LogP contribution in [0, 0.1) is 5.92 Å². The lowest BCUT2D eigenvalue weighted by atomic mass is 9.98. The lowest BCUT2D eigenvalue weighted by molar-refractivity contribution is -0.122. The maximum atomic E-state index is 13.1. The summed E-state index contributed by atoms with van der Waals surface area (Å²) < 4.78 is 30.7. The van der Waals surface area contributed by atoms with Crippen molar-refractivity contribution in [1.29, 1.82) is 0 Å². The number of hydrogen-bond donors (Lipinski definition) is 0. The molecule has 1 fully saturated rings. The summed E-state index contributed by atoms with van der Waals surface area (Å²) in [4.78, 5) is 18.9. The normalized spacial score (nSPS) is 16.9. The first-order valence-electron chi connectivity index (χ1n) is 9.68. The van der Waals surface area contributed by atoms with Crippen LogP contribution in [-0.4, -0.2) is 42.5 Å². The van der Waals surface area contributed by atoms with Gasteiger partial charge in [0.25, 0.3) is 5.91 Å². The van der Waals surface area contributed by atoms with Crippen LogP contribution >= 0.6 is 23.1 Å². The Bertz CT molecular complexity index is 1250. The van der Waals surface area contributed by atoms with E-state index in [0.717, 1.165) is 15.1 Å². The van der Waals surface area contributed by atoms with Crippen LogP contribution in [0.3, 0.4) is 0 Å². The summed E-state index contributed by atoms with van der Waals surface area (Å²) in [6, 6.07) is 15.0. The highest BCUT2D eigenvalue weighted by atomic mass is 32.2. The van der Waals surface area contributed by atoms with Gasteiger partial charge in [0.2, 0.25) is 10.0 Å². The van der Waals surface area contributed by atoms with Crippen LogP contribution in [0.5, 0.6) is 0 Å². The van der Waals surface area contributed by atoms with Crippen molar-refractivity contribution in [1.82, 2.24) is 8.87 Å². The molecule has 0 aliphatic carbocycles. The SMILES string of the molecule is CSc1ccccc1S(=O)(=O)N1CCC(C(=O)N=c2sc3ccccc3n2C)CC1. The molecule has 0 radical (unpaired) electrons. The quantitative estimate of drug-likeness (QED) is 0.558. The van der Waals surface area contributed by atoms with E-state index in [9.17, 15) is 13.2 Å². The van der Waals surface area contributed by atoms with Gasteiger partial charge in [0.1, 0.15) is 0 Å². The van der Waals surface area contributed by atoms with Gasteiger partial charge in [-0.2, -0.15) is 9.30 Å². The molecule has 4 rings (SSSR count). The van der Waals surface area contributed by atoms with E-state index in [2.05, 4.69) is 4.99 Å². The first kappa shape index (κ1) is 21.3. The number of aryl methyl sites for hydroxylation is 1. The summed E-state index contributed by atoms with van der Waals surface area (Å²) in [5.74, 6) is -0.420. The van der Waals surface area contributed by atoms with Crippen LogP contribution in [0.1, 0.15) is 12.8 Å². The lowest BCUT2D eigenvalue weighted by Gasteiger charge is -2.30. The second-order valence-corrected chi connectivity index (χ2v) is 11.0. The van der Waals surface area contributed by atoms with Gasteiger partial charge in [0.15, 0.2) is 4.80 Å². The average molecular weight is 462 g/mol. The van der Waals surface area contributed by atoms with Gasteiger partial charge in [-0.3, -0.25) is 4.79 Å². The number of thioether (sulfide) groups is 1. The third-order valence-corrected chi connectivity index (χ3v) is 9.41. The summed E-state index contributed by atoms with van der Waals surface area (Å²) in [6.45, 7) is 0.658. The van der Waals surface area contributed by atoms with E-state index in [4.69, 9.17) is 0 Å². The lowest BCUT2D eigenvalue weighted by Crippen LogP contribution is -2.40. The fourth-order valence-corrected chi connectivity index (χ4v) is 7.30. The van der Waals surface area contributed by atoms with E-state index >= 15 is 0 Å². The van der Waals surface area contributed by atoms with E-state index in [1.807, 2.05) is 54.3 Å². The molecule has 0 unspecified atom stereocenters. The van der Waals surface area contributed by atoms with Crippen LogP contribution in [0.2, 0.25) is 0 Å².